The van der Waals surface area contributed by atoms with E-state index in [-0.39, 0.29) is 16.5 Å². The van der Waals surface area contributed by atoms with Crippen molar-refractivity contribution in [1.82, 2.24) is 4.98 Å². The fraction of sp³-hybridized carbons (Fsp3) is 0. The smallest absolute Gasteiger partial charge is 0.328 e. The molecule has 1 aromatic heterocycles. The third-order valence-electron chi connectivity index (χ3n) is 2.30. The number of benzene rings is 1. The van der Waals surface area contributed by atoms with Crippen LogP contribution < -0.4 is 0 Å². The molecule has 0 saturated carbocycles. The molecule has 0 aliphatic heterocycles. The monoisotopic (exact) mass is 253 g/mol. The Hall–Kier alpha value is -2.37. The molecule has 0 aliphatic rings. The lowest BCUT2D eigenvalue weighted by molar-refractivity contribution is -0.131. The van der Waals surface area contributed by atoms with Crippen LogP contribution in [0.25, 0.3) is 16.8 Å². The second kappa shape index (κ2) is 4.48. The fourth-order valence-electron chi connectivity index (χ4n) is 1.54. The normalized spacial score (nSPS) is 11.3. The number of rotatable bonds is 2. The van der Waals surface area contributed by atoms with Crippen LogP contribution in [0.5, 0.6) is 0 Å². The van der Waals surface area contributed by atoms with Gasteiger partial charge in [0.1, 0.15) is 0 Å². The molecule has 0 atom stereocenters. The van der Waals surface area contributed by atoms with Crippen LogP contribution in [-0.2, 0) is 4.79 Å². The summed E-state index contributed by atoms with van der Waals surface area (Å²) in [7, 11) is 0. The zero-order valence-electron chi connectivity index (χ0n) is 8.82. The summed E-state index contributed by atoms with van der Waals surface area (Å²) in [4.78, 5) is 14.1. The molecule has 1 heterocycles. The lowest BCUT2D eigenvalue weighted by Crippen LogP contribution is -1.96. The summed E-state index contributed by atoms with van der Waals surface area (Å²) < 4.78 is 39.7. The molecule has 0 fully saturated rings. The Labute approximate surface area is 99.2 Å². The van der Waals surface area contributed by atoms with E-state index in [0.717, 1.165) is 18.2 Å². The van der Waals surface area contributed by atoms with Crippen molar-refractivity contribution < 1.29 is 23.1 Å². The predicted molar refractivity (Wildman–Crippen MR) is 58.3 cm³/mol. The molecule has 2 rings (SSSR count). The first-order valence-corrected chi connectivity index (χ1v) is 4.84. The second-order valence-corrected chi connectivity index (χ2v) is 3.45. The molecule has 1 aromatic carbocycles. The number of aromatic nitrogens is 1. The van der Waals surface area contributed by atoms with Crippen LogP contribution in [0, 0.1) is 17.5 Å². The topological polar surface area (TPSA) is 50.2 Å². The summed E-state index contributed by atoms with van der Waals surface area (Å²) in [5, 5.41) is 8.32. The van der Waals surface area contributed by atoms with Crippen LogP contribution >= 0.6 is 0 Å². The number of halogens is 3. The minimum atomic E-state index is -1.61. The van der Waals surface area contributed by atoms with Crippen LogP contribution in [-0.4, -0.2) is 16.1 Å². The van der Waals surface area contributed by atoms with Crippen molar-refractivity contribution in [2.75, 3.05) is 0 Å². The van der Waals surface area contributed by atoms with Gasteiger partial charge in [-0.1, -0.05) is 0 Å². The maximum atomic E-state index is 13.6. The van der Waals surface area contributed by atoms with Gasteiger partial charge in [-0.2, -0.15) is 0 Å². The molecular formula is C12H6F3NO2. The van der Waals surface area contributed by atoms with Crippen molar-refractivity contribution in [3.8, 4) is 0 Å². The Kier molecular flexibility index (Phi) is 3.01. The number of nitrogens with zero attached hydrogens (tertiary/aromatic N) is 1. The summed E-state index contributed by atoms with van der Waals surface area (Å²) in [5.41, 5.74) is -0.0775. The van der Waals surface area contributed by atoms with Gasteiger partial charge in [-0.15, -0.1) is 0 Å². The first-order valence-electron chi connectivity index (χ1n) is 4.84. The Bertz CT molecular complexity index is 668. The summed E-state index contributed by atoms with van der Waals surface area (Å²) in [6.07, 6.45) is 3.01. The molecule has 0 saturated heterocycles. The lowest BCUT2D eigenvalue weighted by atomic mass is 10.1. The molecule has 3 nitrogen and oxygen atoms in total. The molecule has 0 amide bonds. The summed E-state index contributed by atoms with van der Waals surface area (Å²) in [5.74, 6) is -5.56. The second-order valence-electron chi connectivity index (χ2n) is 3.45. The highest BCUT2D eigenvalue weighted by molar-refractivity contribution is 5.93. The molecule has 2 aromatic rings. The average Bonchev–Trinajstić information content (AvgIpc) is 2.33. The first-order chi connectivity index (χ1) is 8.50. The molecule has 0 bridgehead atoms. The van der Waals surface area contributed by atoms with Crippen LogP contribution in [0.4, 0.5) is 13.2 Å². The minimum Gasteiger partial charge on any atom is -0.478 e. The number of carboxylic acids is 1. The van der Waals surface area contributed by atoms with E-state index in [1.165, 1.54) is 12.3 Å². The Morgan fingerprint density at radius 3 is 2.67 bits per heavy atom. The van der Waals surface area contributed by atoms with Crippen molar-refractivity contribution in [1.29, 1.82) is 0 Å². The van der Waals surface area contributed by atoms with Gasteiger partial charge in [-0.25, -0.2) is 18.0 Å². The predicted octanol–water partition coefficient (Wildman–Crippen LogP) is 2.75. The van der Waals surface area contributed by atoms with E-state index in [0.29, 0.717) is 0 Å². The maximum absolute atomic E-state index is 13.6. The van der Waals surface area contributed by atoms with Gasteiger partial charge >= 0.3 is 5.97 Å². The zero-order chi connectivity index (χ0) is 13.3. The number of hydrogen-bond acceptors (Lipinski definition) is 2. The van der Waals surface area contributed by atoms with Crippen LogP contribution in [0.2, 0.25) is 0 Å². The number of aliphatic carboxylic acids is 1. The molecular weight excluding hydrogens is 247 g/mol. The van der Waals surface area contributed by atoms with Gasteiger partial charge < -0.3 is 5.11 Å². The van der Waals surface area contributed by atoms with Crippen LogP contribution in [0.1, 0.15) is 5.69 Å². The highest BCUT2D eigenvalue weighted by atomic mass is 19.2. The van der Waals surface area contributed by atoms with Crippen LogP contribution in [0.15, 0.2) is 24.4 Å². The van der Waals surface area contributed by atoms with E-state index < -0.39 is 23.4 Å². The maximum Gasteiger partial charge on any atom is 0.328 e. The highest BCUT2D eigenvalue weighted by Gasteiger charge is 2.15. The fourth-order valence-corrected chi connectivity index (χ4v) is 1.54. The van der Waals surface area contributed by atoms with E-state index in [1.54, 1.807) is 0 Å². The summed E-state index contributed by atoms with van der Waals surface area (Å²) in [6.45, 7) is 0. The SMILES string of the molecule is O=C(O)/C=C/c1nccc2cc(F)c(F)c(F)c12. The minimum absolute atomic E-state index is 0.0775. The molecule has 18 heavy (non-hydrogen) atoms. The molecule has 0 aliphatic carbocycles. The van der Waals surface area contributed by atoms with Gasteiger partial charge in [0.15, 0.2) is 17.5 Å². The van der Waals surface area contributed by atoms with E-state index >= 15 is 0 Å². The van der Waals surface area contributed by atoms with Gasteiger partial charge in [-0.3, -0.25) is 4.98 Å². The van der Waals surface area contributed by atoms with Gasteiger partial charge in [0.25, 0.3) is 0 Å². The summed E-state index contributed by atoms with van der Waals surface area (Å²) in [6, 6.07) is 2.13. The Morgan fingerprint density at radius 1 is 1.28 bits per heavy atom. The molecule has 0 unspecified atom stereocenters. The number of hydrogen-bond donors (Lipinski definition) is 1. The molecule has 6 heteroatoms. The van der Waals surface area contributed by atoms with E-state index in [9.17, 15) is 18.0 Å². The van der Waals surface area contributed by atoms with Gasteiger partial charge in [0.05, 0.1) is 5.69 Å². The highest BCUT2D eigenvalue weighted by Crippen LogP contribution is 2.25. The third kappa shape index (κ3) is 2.04. The number of fused-ring (bicyclic) bond motifs is 1. The van der Waals surface area contributed by atoms with Gasteiger partial charge in [0.2, 0.25) is 0 Å². The Morgan fingerprint density at radius 2 is 2.00 bits per heavy atom. The standard InChI is InChI=1S/C12H6F3NO2/c13-7-5-6-3-4-16-8(1-2-9(17)18)10(6)12(15)11(7)14/h1-5H,(H,17,18)/b2-1+. The van der Waals surface area contributed by atoms with E-state index in [1.807, 2.05) is 0 Å². The van der Waals surface area contributed by atoms with Crippen molar-refractivity contribution >= 4 is 22.8 Å². The van der Waals surface area contributed by atoms with Crippen molar-refractivity contribution in [3.63, 3.8) is 0 Å². The summed E-state index contributed by atoms with van der Waals surface area (Å²) >= 11 is 0. The van der Waals surface area contributed by atoms with Crippen LogP contribution in [0.3, 0.4) is 0 Å². The molecule has 0 spiro atoms. The van der Waals surface area contributed by atoms with Crippen molar-refractivity contribution in [2.45, 2.75) is 0 Å². The van der Waals surface area contributed by atoms with E-state index in [2.05, 4.69) is 4.98 Å². The number of pyridine rings is 1. The van der Waals surface area contributed by atoms with Gasteiger partial charge in [0, 0.05) is 17.7 Å². The van der Waals surface area contributed by atoms with Crippen molar-refractivity contribution in [3.05, 3.63) is 47.6 Å². The van der Waals surface area contributed by atoms with Gasteiger partial charge in [-0.05, 0) is 23.6 Å². The first kappa shape index (κ1) is 12.1. The third-order valence-corrected chi connectivity index (χ3v) is 2.30. The number of carboxylic acid groups (broad SMARTS) is 1. The molecule has 92 valence electrons. The number of carbonyl (C=O) groups is 1. The quantitative estimate of drug-likeness (QED) is 0.661. The molecule has 0 radical (unpaired) electrons. The Balaban J connectivity index is 2.76. The average molecular weight is 253 g/mol. The lowest BCUT2D eigenvalue weighted by Gasteiger charge is -2.04. The van der Waals surface area contributed by atoms with Crippen molar-refractivity contribution in [2.24, 2.45) is 0 Å². The zero-order valence-corrected chi connectivity index (χ0v) is 8.82. The largest absolute Gasteiger partial charge is 0.478 e. The molecule has 1 N–H and O–H groups in total. The van der Waals surface area contributed by atoms with E-state index in [4.69, 9.17) is 5.11 Å².